The molecule has 1 aromatic rings. The number of benzene rings is 1. The van der Waals surface area contributed by atoms with Gasteiger partial charge in [-0.3, -0.25) is 4.90 Å². The summed E-state index contributed by atoms with van der Waals surface area (Å²) in [7, 11) is 3.71. The monoisotopic (exact) mass is 314 g/mol. The molecule has 1 aromatic carbocycles. The highest BCUT2D eigenvalue weighted by Crippen LogP contribution is 2.18. The molecule has 0 radical (unpaired) electrons. The van der Waals surface area contributed by atoms with E-state index in [0.29, 0.717) is 0 Å². The van der Waals surface area contributed by atoms with Crippen molar-refractivity contribution in [2.45, 2.75) is 12.8 Å². The topological polar surface area (TPSA) is 33.7 Å². The second kappa shape index (κ2) is 9.87. The molecule has 21 heavy (non-hydrogen) atoms. The van der Waals surface area contributed by atoms with Crippen molar-refractivity contribution in [2.24, 2.45) is 5.92 Å². The largest absolute Gasteiger partial charge is 0.497 e. The SMILES string of the molecule is CNCC1CCCN(CCOc2ccc(OC)cc2)C1.Cl. The molecule has 1 N–H and O–H groups in total. The zero-order valence-electron chi connectivity index (χ0n) is 13.0. The number of rotatable bonds is 7. The summed E-state index contributed by atoms with van der Waals surface area (Å²) in [5.74, 6) is 2.56. The molecule has 4 nitrogen and oxygen atoms in total. The number of ether oxygens (including phenoxy) is 2. The average Bonchev–Trinajstić information content (AvgIpc) is 2.49. The Morgan fingerprint density at radius 3 is 2.62 bits per heavy atom. The molecule has 1 fully saturated rings. The van der Waals surface area contributed by atoms with Gasteiger partial charge in [0, 0.05) is 13.1 Å². The van der Waals surface area contributed by atoms with Crippen molar-refractivity contribution >= 4 is 12.4 Å². The van der Waals surface area contributed by atoms with Crippen LogP contribution in [0.25, 0.3) is 0 Å². The minimum absolute atomic E-state index is 0. The van der Waals surface area contributed by atoms with Crippen molar-refractivity contribution < 1.29 is 9.47 Å². The van der Waals surface area contributed by atoms with Crippen LogP contribution in [0.1, 0.15) is 12.8 Å². The third-order valence-corrected chi connectivity index (χ3v) is 3.83. The molecule has 1 atom stereocenters. The van der Waals surface area contributed by atoms with Gasteiger partial charge in [-0.15, -0.1) is 12.4 Å². The van der Waals surface area contributed by atoms with E-state index in [0.717, 1.165) is 37.1 Å². The highest BCUT2D eigenvalue weighted by molar-refractivity contribution is 5.85. The van der Waals surface area contributed by atoms with E-state index in [9.17, 15) is 0 Å². The molecule has 5 heteroatoms. The first-order valence-electron chi connectivity index (χ1n) is 7.45. The van der Waals surface area contributed by atoms with Gasteiger partial charge in [-0.2, -0.15) is 0 Å². The molecule has 1 unspecified atom stereocenters. The van der Waals surface area contributed by atoms with Crippen LogP contribution in [0.15, 0.2) is 24.3 Å². The number of piperidine rings is 1. The summed E-state index contributed by atoms with van der Waals surface area (Å²) in [5.41, 5.74) is 0. The third kappa shape index (κ3) is 6.12. The molecule has 0 aromatic heterocycles. The van der Waals surface area contributed by atoms with E-state index in [1.54, 1.807) is 7.11 Å². The molecule has 1 aliphatic rings. The predicted octanol–water partition coefficient (Wildman–Crippen LogP) is 2.43. The molecule has 1 heterocycles. The zero-order valence-corrected chi connectivity index (χ0v) is 13.8. The van der Waals surface area contributed by atoms with Crippen LogP contribution in [-0.2, 0) is 0 Å². The van der Waals surface area contributed by atoms with Gasteiger partial charge in [-0.1, -0.05) is 0 Å². The molecule has 0 saturated carbocycles. The summed E-state index contributed by atoms with van der Waals surface area (Å²) in [4.78, 5) is 2.51. The Morgan fingerprint density at radius 2 is 1.95 bits per heavy atom. The average molecular weight is 315 g/mol. The second-order valence-electron chi connectivity index (χ2n) is 5.39. The lowest BCUT2D eigenvalue weighted by atomic mass is 9.98. The van der Waals surface area contributed by atoms with Crippen molar-refractivity contribution in [2.75, 3.05) is 46.9 Å². The van der Waals surface area contributed by atoms with Crippen LogP contribution in [0.3, 0.4) is 0 Å². The first-order chi connectivity index (χ1) is 9.81. The Kier molecular flexibility index (Phi) is 8.50. The molecular formula is C16H27ClN2O2. The smallest absolute Gasteiger partial charge is 0.119 e. The number of hydrogen-bond donors (Lipinski definition) is 1. The molecule has 1 aliphatic heterocycles. The van der Waals surface area contributed by atoms with Crippen LogP contribution >= 0.6 is 12.4 Å². The summed E-state index contributed by atoms with van der Waals surface area (Å²) in [6.07, 6.45) is 2.64. The van der Waals surface area contributed by atoms with Gasteiger partial charge in [-0.05, 0) is 63.2 Å². The van der Waals surface area contributed by atoms with Gasteiger partial charge < -0.3 is 14.8 Å². The summed E-state index contributed by atoms with van der Waals surface area (Å²) < 4.78 is 10.9. The number of nitrogens with zero attached hydrogens (tertiary/aromatic N) is 1. The van der Waals surface area contributed by atoms with Crippen LogP contribution in [0.4, 0.5) is 0 Å². The fourth-order valence-electron chi connectivity index (χ4n) is 2.77. The molecule has 2 rings (SSSR count). The fraction of sp³-hybridized carbons (Fsp3) is 0.625. The van der Waals surface area contributed by atoms with E-state index < -0.39 is 0 Å². The van der Waals surface area contributed by atoms with E-state index in [2.05, 4.69) is 10.2 Å². The number of methoxy groups -OCH3 is 1. The third-order valence-electron chi connectivity index (χ3n) is 3.83. The number of hydrogen-bond acceptors (Lipinski definition) is 4. The zero-order chi connectivity index (χ0) is 14.2. The molecule has 0 amide bonds. The summed E-state index contributed by atoms with van der Waals surface area (Å²) in [6, 6.07) is 7.77. The number of likely N-dealkylation sites (tertiary alicyclic amines) is 1. The molecule has 1 saturated heterocycles. The Hall–Kier alpha value is -0.970. The van der Waals surface area contributed by atoms with Crippen molar-refractivity contribution in [3.8, 4) is 11.5 Å². The van der Waals surface area contributed by atoms with E-state index in [1.807, 2.05) is 31.3 Å². The van der Waals surface area contributed by atoms with Crippen LogP contribution in [0.5, 0.6) is 11.5 Å². The summed E-state index contributed by atoms with van der Waals surface area (Å²) in [6.45, 7) is 5.26. The number of halogens is 1. The molecule has 0 bridgehead atoms. The van der Waals surface area contributed by atoms with Crippen molar-refractivity contribution in [3.05, 3.63) is 24.3 Å². The standard InChI is InChI=1S/C16H26N2O2.ClH/c1-17-12-14-4-3-9-18(13-14)10-11-20-16-7-5-15(19-2)6-8-16;/h5-8,14,17H,3-4,9-13H2,1-2H3;1H. The highest BCUT2D eigenvalue weighted by Gasteiger charge is 2.18. The van der Waals surface area contributed by atoms with Gasteiger partial charge in [0.05, 0.1) is 7.11 Å². The quantitative estimate of drug-likeness (QED) is 0.838. The van der Waals surface area contributed by atoms with E-state index in [-0.39, 0.29) is 12.4 Å². The van der Waals surface area contributed by atoms with Crippen LogP contribution in [-0.4, -0.2) is 51.8 Å². The predicted molar refractivity (Wildman–Crippen MR) is 88.8 cm³/mol. The normalized spacial score (nSPS) is 18.9. The fourth-order valence-corrected chi connectivity index (χ4v) is 2.77. The first kappa shape index (κ1) is 18.1. The van der Waals surface area contributed by atoms with Gasteiger partial charge >= 0.3 is 0 Å². The lowest BCUT2D eigenvalue weighted by Crippen LogP contribution is -2.40. The number of nitrogens with one attached hydrogen (secondary N) is 1. The molecule has 0 aliphatic carbocycles. The molecule has 0 spiro atoms. The summed E-state index contributed by atoms with van der Waals surface area (Å²) in [5, 5.41) is 3.28. The highest BCUT2D eigenvalue weighted by atomic mass is 35.5. The lowest BCUT2D eigenvalue weighted by Gasteiger charge is -2.32. The van der Waals surface area contributed by atoms with E-state index in [4.69, 9.17) is 9.47 Å². The maximum Gasteiger partial charge on any atom is 0.119 e. The Morgan fingerprint density at radius 1 is 1.24 bits per heavy atom. The van der Waals surface area contributed by atoms with Gasteiger partial charge in [0.2, 0.25) is 0 Å². The first-order valence-corrected chi connectivity index (χ1v) is 7.45. The van der Waals surface area contributed by atoms with Crippen LogP contribution in [0, 0.1) is 5.92 Å². The second-order valence-corrected chi connectivity index (χ2v) is 5.39. The Bertz CT molecular complexity index is 384. The van der Waals surface area contributed by atoms with Crippen LogP contribution in [0.2, 0.25) is 0 Å². The van der Waals surface area contributed by atoms with Gasteiger partial charge in [-0.25, -0.2) is 0 Å². The maximum absolute atomic E-state index is 5.79. The van der Waals surface area contributed by atoms with E-state index in [1.165, 1.54) is 25.9 Å². The minimum Gasteiger partial charge on any atom is -0.497 e. The Balaban J connectivity index is 0.00000220. The Labute approximate surface area is 134 Å². The van der Waals surface area contributed by atoms with Gasteiger partial charge in [0.1, 0.15) is 18.1 Å². The van der Waals surface area contributed by atoms with Crippen molar-refractivity contribution in [1.29, 1.82) is 0 Å². The van der Waals surface area contributed by atoms with Gasteiger partial charge in [0.15, 0.2) is 0 Å². The maximum atomic E-state index is 5.79. The molecule has 120 valence electrons. The van der Waals surface area contributed by atoms with Crippen LogP contribution < -0.4 is 14.8 Å². The lowest BCUT2D eigenvalue weighted by molar-refractivity contribution is 0.146. The molecular weight excluding hydrogens is 288 g/mol. The summed E-state index contributed by atoms with van der Waals surface area (Å²) >= 11 is 0. The van der Waals surface area contributed by atoms with Crippen molar-refractivity contribution in [3.63, 3.8) is 0 Å². The van der Waals surface area contributed by atoms with Crippen molar-refractivity contribution in [1.82, 2.24) is 10.2 Å². The van der Waals surface area contributed by atoms with Gasteiger partial charge in [0.25, 0.3) is 0 Å². The van der Waals surface area contributed by atoms with E-state index >= 15 is 0 Å². The minimum atomic E-state index is 0.